The van der Waals surface area contributed by atoms with E-state index < -0.39 is 0 Å². The van der Waals surface area contributed by atoms with Gasteiger partial charge in [-0.3, -0.25) is 0 Å². The largest absolute Gasteiger partial charge is 0.306 e. The summed E-state index contributed by atoms with van der Waals surface area (Å²) in [5.41, 5.74) is 4.11. The van der Waals surface area contributed by atoms with Crippen LogP contribution in [0.5, 0.6) is 0 Å². The second kappa shape index (κ2) is 5.43. The minimum absolute atomic E-state index is 0.853. The van der Waals surface area contributed by atoms with Crippen molar-refractivity contribution in [3.63, 3.8) is 0 Å². The third-order valence-electron chi connectivity index (χ3n) is 2.98. The highest BCUT2D eigenvalue weighted by Crippen LogP contribution is 2.13. The topological polar surface area (TPSA) is 24.9 Å². The van der Waals surface area contributed by atoms with E-state index >= 15 is 0 Å². The maximum atomic E-state index is 4.34. The first-order valence-corrected chi connectivity index (χ1v) is 6.65. The third-order valence-corrected chi connectivity index (χ3v) is 3.89. The van der Waals surface area contributed by atoms with Gasteiger partial charge in [-0.05, 0) is 37.5 Å². The Hall–Kier alpha value is -1.19. The predicted molar refractivity (Wildman–Crippen MR) is 73.3 cm³/mol. The molecule has 0 bridgehead atoms. The summed E-state index contributed by atoms with van der Waals surface area (Å²) in [4.78, 5) is 5.61. The Balaban J connectivity index is 1.92. The fraction of sp³-hybridized carbons (Fsp3) is 0.357. The molecule has 0 spiro atoms. The molecule has 0 aliphatic rings. The molecular formula is C14H18N2S. The van der Waals surface area contributed by atoms with E-state index in [0.717, 1.165) is 18.1 Å². The van der Waals surface area contributed by atoms with Crippen LogP contribution in [0, 0.1) is 20.8 Å². The lowest BCUT2D eigenvalue weighted by molar-refractivity contribution is 0.687. The fourth-order valence-electron chi connectivity index (χ4n) is 1.79. The average Bonchev–Trinajstić information content (AvgIpc) is 2.70. The molecule has 0 unspecified atom stereocenters. The molecule has 2 nitrogen and oxygen atoms in total. The lowest BCUT2D eigenvalue weighted by Gasteiger charge is -2.08. The van der Waals surface area contributed by atoms with Gasteiger partial charge in [0.05, 0.1) is 0 Å². The first-order valence-electron chi connectivity index (χ1n) is 5.84. The second-order valence-corrected chi connectivity index (χ2v) is 5.65. The van der Waals surface area contributed by atoms with Crippen LogP contribution in [0.3, 0.4) is 0 Å². The molecule has 1 aromatic heterocycles. The maximum absolute atomic E-state index is 4.34. The zero-order chi connectivity index (χ0) is 12.3. The summed E-state index contributed by atoms with van der Waals surface area (Å²) in [6.07, 6.45) is 1.93. The Morgan fingerprint density at radius 1 is 1.18 bits per heavy atom. The Bertz CT molecular complexity index is 503. The van der Waals surface area contributed by atoms with Crippen molar-refractivity contribution in [3.8, 4) is 0 Å². The summed E-state index contributed by atoms with van der Waals surface area (Å²) in [6.45, 7) is 8.19. The molecule has 1 N–H and O–H groups in total. The molecule has 0 aliphatic heterocycles. The molecule has 0 fully saturated rings. The number of nitrogens with one attached hydrogen (secondary N) is 1. The highest BCUT2D eigenvalue weighted by Gasteiger charge is 2.01. The van der Waals surface area contributed by atoms with Crippen LogP contribution in [0.2, 0.25) is 0 Å². The number of hydrogen-bond acceptors (Lipinski definition) is 3. The van der Waals surface area contributed by atoms with Crippen LogP contribution in [0.15, 0.2) is 24.4 Å². The van der Waals surface area contributed by atoms with Crippen molar-refractivity contribution >= 4 is 11.3 Å². The first kappa shape index (κ1) is 12.3. The number of nitrogens with zero attached hydrogens (tertiary/aromatic N) is 1. The molecule has 0 saturated heterocycles. The Kier molecular flexibility index (Phi) is 3.92. The van der Waals surface area contributed by atoms with Crippen LogP contribution >= 0.6 is 11.3 Å². The van der Waals surface area contributed by atoms with E-state index in [0.29, 0.717) is 0 Å². The molecular weight excluding hydrogens is 228 g/mol. The van der Waals surface area contributed by atoms with Gasteiger partial charge in [0, 0.05) is 24.2 Å². The molecule has 0 saturated carbocycles. The standard InChI is InChI=1S/C14H18N2S/c1-10-5-4-6-13(12(10)3)8-15-9-14-16-7-11(2)17-14/h4-7,15H,8-9H2,1-3H3. The minimum Gasteiger partial charge on any atom is -0.306 e. The highest BCUT2D eigenvalue weighted by molar-refractivity contribution is 7.11. The second-order valence-electron chi connectivity index (χ2n) is 4.33. The molecule has 1 aromatic carbocycles. The van der Waals surface area contributed by atoms with E-state index in [1.165, 1.54) is 21.6 Å². The number of thiazole rings is 1. The molecule has 0 atom stereocenters. The van der Waals surface area contributed by atoms with Crippen molar-refractivity contribution in [2.75, 3.05) is 0 Å². The van der Waals surface area contributed by atoms with Crippen molar-refractivity contribution in [3.05, 3.63) is 51.0 Å². The van der Waals surface area contributed by atoms with Gasteiger partial charge in [-0.15, -0.1) is 11.3 Å². The summed E-state index contributed by atoms with van der Waals surface area (Å²) < 4.78 is 0. The Labute approximate surface area is 107 Å². The van der Waals surface area contributed by atoms with E-state index in [9.17, 15) is 0 Å². The monoisotopic (exact) mass is 246 g/mol. The number of aryl methyl sites for hydroxylation is 2. The lowest BCUT2D eigenvalue weighted by Crippen LogP contribution is -2.13. The molecule has 0 amide bonds. The van der Waals surface area contributed by atoms with Gasteiger partial charge in [0.1, 0.15) is 5.01 Å². The first-order chi connectivity index (χ1) is 8.16. The zero-order valence-electron chi connectivity index (χ0n) is 10.6. The molecule has 2 rings (SSSR count). The van der Waals surface area contributed by atoms with Gasteiger partial charge >= 0.3 is 0 Å². The molecule has 0 aliphatic carbocycles. The zero-order valence-corrected chi connectivity index (χ0v) is 11.4. The lowest BCUT2D eigenvalue weighted by atomic mass is 10.0. The molecule has 2 aromatic rings. The average molecular weight is 246 g/mol. The van der Waals surface area contributed by atoms with Gasteiger partial charge in [-0.25, -0.2) is 4.98 Å². The molecule has 17 heavy (non-hydrogen) atoms. The van der Waals surface area contributed by atoms with Crippen LogP contribution in [0.25, 0.3) is 0 Å². The normalized spacial score (nSPS) is 10.8. The van der Waals surface area contributed by atoms with Crippen LogP contribution < -0.4 is 5.32 Å². The number of hydrogen-bond donors (Lipinski definition) is 1. The maximum Gasteiger partial charge on any atom is 0.107 e. The minimum atomic E-state index is 0.853. The summed E-state index contributed by atoms with van der Waals surface area (Å²) in [7, 11) is 0. The molecule has 1 heterocycles. The van der Waals surface area contributed by atoms with Crippen molar-refractivity contribution < 1.29 is 0 Å². The highest BCUT2D eigenvalue weighted by atomic mass is 32.1. The summed E-state index contributed by atoms with van der Waals surface area (Å²) in [6, 6.07) is 6.46. The van der Waals surface area contributed by atoms with E-state index in [2.05, 4.69) is 49.3 Å². The van der Waals surface area contributed by atoms with Gasteiger partial charge in [-0.2, -0.15) is 0 Å². The van der Waals surface area contributed by atoms with Crippen molar-refractivity contribution in [1.82, 2.24) is 10.3 Å². The van der Waals surface area contributed by atoms with Crippen molar-refractivity contribution in [2.24, 2.45) is 0 Å². The van der Waals surface area contributed by atoms with E-state index in [4.69, 9.17) is 0 Å². The molecule has 0 radical (unpaired) electrons. The summed E-state index contributed by atoms with van der Waals surface area (Å²) in [5.74, 6) is 0. The number of benzene rings is 1. The predicted octanol–water partition coefficient (Wildman–Crippen LogP) is 3.36. The third kappa shape index (κ3) is 3.14. The summed E-state index contributed by atoms with van der Waals surface area (Å²) >= 11 is 1.76. The van der Waals surface area contributed by atoms with Gasteiger partial charge in [-0.1, -0.05) is 18.2 Å². The Morgan fingerprint density at radius 2 is 2.00 bits per heavy atom. The quantitative estimate of drug-likeness (QED) is 0.894. The van der Waals surface area contributed by atoms with E-state index in [-0.39, 0.29) is 0 Å². The molecule has 3 heteroatoms. The SMILES string of the molecule is Cc1cnc(CNCc2cccc(C)c2C)s1. The van der Waals surface area contributed by atoms with Gasteiger partial charge in [0.25, 0.3) is 0 Å². The Morgan fingerprint density at radius 3 is 2.71 bits per heavy atom. The van der Waals surface area contributed by atoms with Crippen LogP contribution in [-0.2, 0) is 13.1 Å². The van der Waals surface area contributed by atoms with Crippen molar-refractivity contribution in [2.45, 2.75) is 33.9 Å². The summed E-state index contributed by atoms with van der Waals surface area (Å²) in [5, 5.41) is 4.61. The van der Waals surface area contributed by atoms with Crippen LogP contribution in [-0.4, -0.2) is 4.98 Å². The van der Waals surface area contributed by atoms with Gasteiger partial charge in [0.15, 0.2) is 0 Å². The van der Waals surface area contributed by atoms with E-state index in [1.54, 1.807) is 11.3 Å². The molecule has 90 valence electrons. The fourth-order valence-corrected chi connectivity index (χ4v) is 2.55. The van der Waals surface area contributed by atoms with Gasteiger partial charge < -0.3 is 5.32 Å². The van der Waals surface area contributed by atoms with E-state index in [1.807, 2.05) is 6.20 Å². The van der Waals surface area contributed by atoms with Crippen LogP contribution in [0.1, 0.15) is 26.6 Å². The van der Waals surface area contributed by atoms with Gasteiger partial charge in [0.2, 0.25) is 0 Å². The smallest absolute Gasteiger partial charge is 0.107 e. The van der Waals surface area contributed by atoms with Crippen molar-refractivity contribution in [1.29, 1.82) is 0 Å². The number of rotatable bonds is 4. The number of aromatic nitrogens is 1. The van der Waals surface area contributed by atoms with Crippen LogP contribution in [0.4, 0.5) is 0 Å².